The molecule has 8 nitrogen and oxygen atoms in total. The molecule has 124 valence electrons. The smallest absolute Gasteiger partial charge is 0.258 e. The third-order valence-electron chi connectivity index (χ3n) is 3.30. The largest absolute Gasteiger partial charge is 0.270 e. The van der Waals surface area contributed by atoms with Gasteiger partial charge >= 0.3 is 0 Å². The Balaban J connectivity index is 1.67. The van der Waals surface area contributed by atoms with E-state index in [2.05, 4.69) is 9.97 Å². The van der Waals surface area contributed by atoms with Gasteiger partial charge in [0.15, 0.2) is 8.68 Å². The monoisotopic (exact) mass is 390 g/mol. The van der Waals surface area contributed by atoms with Gasteiger partial charge in [0.05, 0.1) is 30.3 Å². The molecule has 0 bridgehead atoms. The number of fused-ring (bicyclic) bond motifs is 2. The molecule has 0 saturated carbocycles. The highest BCUT2D eigenvalue weighted by Gasteiger charge is 2.14. The van der Waals surface area contributed by atoms with Crippen LogP contribution in [0.2, 0.25) is 0 Å². The third kappa shape index (κ3) is 3.04. The molecule has 0 N–H and O–H groups in total. The summed E-state index contributed by atoms with van der Waals surface area (Å²) in [6.07, 6.45) is 0. The van der Waals surface area contributed by atoms with E-state index in [0.29, 0.717) is 19.7 Å². The summed E-state index contributed by atoms with van der Waals surface area (Å²) in [5, 5.41) is 21.7. The van der Waals surface area contributed by atoms with Crippen molar-refractivity contribution in [3.8, 4) is 0 Å². The van der Waals surface area contributed by atoms with Crippen LogP contribution in [0.3, 0.4) is 0 Å². The number of non-ortho nitro benzene ring substituents is 2. The third-order valence-corrected chi connectivity index (χ3v) is 6.46. The van der Waals surface area contributed by atoms with Crippen LogP contribution in [0.4, 0.5) is 11.4 Å². The van der Waals surface area contributed by atoms with Gasteiger partial charge in [-0.1, -0.05) is 0 Å². The van der Waals surface area contributed by atoms with Gasteiger partial charge in [-0.2, -0.15) is 0 Å². The second kappa shape index (κ2) is 6.02. The molecule has 0 spiro atoms. The molecule has 0 radical (unpaired) electrons. The molecule has 0 atom stereocenters. The number of hydrogen-bond acceptors (Lipinski definition) is 9. The molecule has 0 unspecified atom stereocenters. The van der Waals surface area contributed by atoms with Crippen molar-refractivity contribution in [3.05, 3.63) is 56.6 Å². The zero-order valence-corrected chi connectivity index (χ0v) is 14.6. The quantitative estimate of drug-likeness (QED) is 0.361. The Morgan fingerprint density at radius 2 is 1.24 bits per heavy atom. The summed E-state index contributed by atoms with van der Waals surface area (Å²) < 4.78 is 2.88. The minimum atomic E-state index is -0.438. The van der Waals surface area contributed by atoms with Crippen LogP contribution in [-0.4, -0.2) is 19.8 Å². The van der Waals surface area contributed by atoms with E-state index in [9.17, 15) is 20.2 Å². The van der Waals surface area contributed by atoms with Crippen molar-refractivity contribution in [2.45, 2.75) is 8.68 Å². The second-order valence-electron chi connectivity index (χ2n) is 4.88. The molecule has 11 heteroatoms. The van der Waals surface area contributed by atoms with Crippen LogP contribution in [0.25, 0.3) is 20.4 Å². The summed E-state index contributed by atoms with van der Waals surface area (Å²) >= 11 is 4.04. The van der Waals surface area contributed by atoms with E-state index in [4.69, 9.17) is 0 Å². The summed E-state index contributed by atoms with van der Waals surface area (Å²) in [5.41, 5.74) is 1.43. The van der Waals surface area contributed by atoms with Crippen LogP contribution in [0.5, 0.6) is 0 Å². The summed E-state index contributed by atoms with van der Waals surface area (Å²) in [7, 11) is 0. The lowest BCUT2D eigenvalue weighted by Crippen LogP contribution is -1.85. The van der Waals surface area contributed by atoms with Crippen molar-refractivity contribution in [2.75, 3.05) is 0 Å². The maximum atomic E-state index is 10.8. The van der Waals surface area contributed by atoms with Crippen LogP contribution in [-0.2, 0) is 0 Å². The summed E-state index contributed by atoms with van der Waals surface area (Å²) in [5.74, 6) is 0. The van der Waals surface area contributed by atoms with Gasteiger partial charge in [0, 0.05) is 24.3 Å². The first kappa shape index (κ1) is 15.9. The Bertz CT molecular complexity index is 1060. The van der Waals surface area contributed by atoms with E-state index < -0.39 is 9.85 Å². The van der Waals surface area contributed by atoms with Crippen LogP contribution < -0.4 is 0 Å². The van der Waals surface area contributed by atoms with Crippen molar-refractivity contribution in [2.24, 2.45) is 0 Å². The predicted molar refractivity (Wildman–Crippen MR) is 96.7 cm³/mol. The number of thiazole rings is 2. The van der Waals surface area contributed by atoms with Crippen LogP contribution in [0.1, 0.15) is 0 Å². The van der Waals surface area contributed by atoms with Crippen molar-refractivity contribution in [1.82, 2.24) is 9.97 Å². The maximum absolute atomic E-state index is 10.8. The Hall–Kier alpha value is -2.63. The zero-order valence-electron chi connectivity index (χ0n) is 12.1. The molecule has 2 aromatic heterocycles. The van der Waals surface area contributed by atoms with E-state index in [1.807, 2.05) is 0 Å². The first-order valence-electron chi connectivity index (χ1n) is 6.77. The number of nitrogens with zero attached hydrogens (tertiary/aromatic N) is 4. The van der Waals surface area contributed by atoms with Gasteiger partial charge < -0.3 is 0 Å². The zero-order chi connectivity index (χ0) is 17.6. The molecule has 0 aliphatic heterocycles. The lowest BCUT2D eigenvalue weighted by atomic mass is 10.3. The van der Waals surface area contributed by atoms with E-state index in [-0.39, 0.29) is 11.4 Å². The molecule has 0 aliphatic rings. The lowest BCUT2D eigenvalue weighted by molar-refractivity contribution is -0.384. The van der Waals surface area contributed by atoms with Gasteiger partial charge in [-0.25, -0.2) is 9.97 Å². The standard InChI is InChI=1S/C14H6N4O4S3/c19-17(20)7-1-3-9-11(5-7)23-13(15-9)25-14-16-10-4-2-8(18(21)22)6-12(10)24-14/h1-6H. The minimum absolute atomic E-state index is 0.0278. The predicted octanol–water partition coefficient (Wildman–Crippen LogP) is 4.87. The van der Waals surface area contributed by atoms with Gasteiger partial charge in [0.1, 0.15) is 0 Å². The van der Waals surface area contributed by atoms with Crippen molar-refractivity contribution in [1.29, 1.82) is 0 Å². The fourth-order valence-electron chi connectivity index (χ4n) is 2.17. The van der Waals surface area contributed by atoms with Gasteiger partial charge in [0.2, 0.25) is 0 Å². The highest BCUT2D eigenvalue weighted by atomic mass is 32.2. The SMILES string of the molecule is O=[N+]([O-])c1ccc2nc(Sc3nc4ccc([N+](=O)[O-])cc4s3)sc2c1. The number of rotatable bonds is 4. The molecule has 25 heavy (non-hydrogen) atoms. The summed E-state index contributed by atoms with van der Waals surface area (Å²) in [4.78, 5) is 29.7. The first-order chi connectivity index (χ1) is 12.0. The summed E-state index contributed by atoms with van der Waals surface area (Å²) in [6, 6.07) is 9.09. The second-order valence-corrected chi connectivity index (χ2v) is 8.44. The van der Waals surface area contributed by atoms with Crippen molar-refractivity contribution in [3.63, 3.8) is 0 Å². The van der Waals surface area contributed by atoms with E-state index in [1.54, 1.807) is 12.1 Å². The van der Waals surface area contributed by atoms with Gasteiger partial charge in [-0.15, -0.1) is 22.7 Å². The highest BCUT2D eigenvalue weighted by molar-refractivity contribution is 8.02. The highest BCUT2D eigenvalue weighted by Crippen LogP contribution is 2.39. The van der Waals surface area contributed by atoms with Crippen molar-refractivity contribution >= 4 is 66.2 Å². The molecule has 0 saturated heterocycles. The summed E-state index contributed by atoms with van der Waals surface area (Å²) in [6.45, 7) is 0. The number of aromatic nitrogens is 2. The molecular formula is C14H6N4O4S3. The van der Waals surface area contributed by atoms with Crippen LogP contribution in [0, 0.1) is 20.2 Å². The molecule has 2 aromatic carbocycles. The average Bonchev–Trinajstić information content (AvgIpc) is 3.15. The van der Waals surface area contributed by atoms with Crippen LogP contribution >= 0.6 is 34.4 Å². The first-order valence-corrected chi connectivity index (χ1v) is 9.22. The molecule has 2 heterocycles. The maximum Gasteiger partial charge on any atom is 0.270 e. The Morgan fingerprint density at radius 1 is 0.800 bits per heavy atom. The number of hydrogen-bond donors (Lipinski definition) is 0. The number of benzene rings is 2. The van der Waals surface area contributed by atoms with Crippen LogP contribution in [0.15, 0.2) is 45.1 Å². The fraction of sp³-hybridized carbons (Fsp3) is 0. The Kier molecular flexibility index (Phi) is 3.82. The Labute approximate surface area is 151 Å². The Morgan fingerprint density at radius 3 is 1.64 bits per heavy atom. The van der Waals surface area contributed by atoms with Gasteiger partial charge in [-0.05, 0) is 23.9 Å². The molecule has 4 rings (SSSR count). The average molecular weight is 390 g/mol. The number of nitro groups is 2. The van der Waals surface area contributed by atoms with E-state index in [0.717, 1.165) is 9.40 Å². The molecule has 0 amide bonds. The van der Waals surface area contributed by atoms with E-state index >= 15 is 0 Å². The minimum Gasteiger partial charge on any atom is -0.258 e. The fourth-order valence-corrected chi connectivity index (χ4v) is 5.57. The van der Waals surface area contributed by atoms with Gasteiger partial charge in [-0.3, -0.25) is 20.2 Å². The molecular weight excluding hydrogens is 384 g/mol. The molecule has 4 aromatic rings. The molecule has 0 fully saturated rings. The molecule has 0 aliphatic carbocycles. The number of nitro benzene ring substituents is 2. The lowest BCUT2D eigenvalue weighted by Gasteiger charge is -1.88. The van der Waals surface area contributed by atoms with Gasteiger partial charge in [0.25, 0.3) is 11.4 Å². The normalized spacial score (nSPS) is 11.2. The topological polar surface area (TPSA) is 112 Å². The van der Waals surface area contributed by atoms with Crippen molar-refractivity contribution < 1.29 is 9.85 Å². The van der Waals surface area contributed by atoms with E-state index in [1.165, 1.54) is 58.7 Å².